The number of rotatable bonds is 5. The monoisotopic (exact) mass is 421 g/mol. The molecular weight excluding hydrogens is 394 g/mol. The number of hydroxylamine groups is 2. The van der Waals surface area contributed by atoms with Crippen LogP contribution in [0.1, 0.15) is 38.4 Å². The van der Waals surface area contributed by atoms with Crippen LogP contribution in [0, 0.1) is 11.1 Å². The highest BCUT2D eigenvalue weighted by molar-refractivity contribution is 5.70. The van der Waals surface area contributed by atoms with E-state index in [2.05, 4.69) is 39.3 Å². The molecule has 1 saturated heterocycles. The second-order valence-electron chi connectivity index (χ2n) is 8.67. The zero-order valence-corrected chi connectivity index (χ0v) is 17.8. The molecule has 0 saturated carbocycles. The SMILES string of the molecule is CC(C)c1nc(-c2ccc(-c3cnc4c(n3)[N+]([O-])(CC3CCOCC3)CN4)cc2)n[nH]1. The Kier molecular flexibility index (Phi) is 5.17. The van der Waals surface area contributed by atoms with Crippen LogP contribution in [0.5, 0.6) is 0 Å². The average Bonchev–Trinajstić information content (AvgIpc) is 3.40. The van der Waals surface area contributed by atoms with Gasteiger partial charge in [0.05, 0.1) is 18.4 Å². The second kappa shape index (κ2) is 7.99. The predicted octanol–water partition coefficient (Wildman–Crippen LogP) is 3.67. The fourth-order valence-electron chi connectivity index (χ4n) is 4.15. The van der Waals surface area contributed by atoms with Crippen molar-refractivity contribution in [3.8, 4) is 22.6 Å². The van der Waals surface area contributed by atoms with Crippen molar-refractivity contribution in [1.82, 2.24) is 29.8 Å². The minimum absolute atomic E-state index is 0.276. The molecule has 0 amide bonds. The lowest BCUT2D eigenvalue weighted by Gasteiger charge is -2.39. The fourth-order valence-corrected chi connectivity index (χ4v) is 4.15. The van der Waals surface area contributed by atoms with E-state index in [1.54, 1.807) is 6.20 Å². The van der Waals surface area contributed by atoms with E-state index in [4.69, 9.17) is 9.72 Å². The number of quaternary nitrogens is 1. The van der Waals surface area contributed by atoms with E-state index in [1.165, 1.54) is 0 Å². The molecular formula is C22H27N7O2. The summed E-state index contributed by atoms with van der Waals surface area (Å²) in [5, 5.41) is 24.0. The lowest BCUT2D eigenvalue weighted by molar-refractivity contribution is 0.0591. The Labute approximate surface area is 181 Å². The van der Waals surface area contributed by atoms with Crippen molar-refractivity contribution >= 4 is 11.6 Å². The van der Waals surface area contributed by atoms with Gasteiger partial charge in [-0.2, -0.15) is 10.1 Å². The summed E-state index contributed by atoms with van der Waals surface area (Å²) in [5.41, 5.74) is 2.52. The minimum atomic E-state index is -0.478. The molecule has 1 atom stereocenters. The van der Waals surface area contributed by atoms with Crippen LogP contribution < -0.4 is 9.96 Å². The molecule has 5 rings (SSSR count). The molecule has 0 spiro atoms. The van der Waals surface area contributed by atoms with Crippen LogP contribution in [0.4, 0.5) is 11.6 Å². The molecule has 0 aliphatic carbocycles. The first-order chi connectivity index (χ1) is 15.0. The summed E-state index contributed by atoms with van der Waals surface area (Å²) >= 11 is 0. The zero-order valence-electron chi connectivity index (χ0n) is 17.8. The molecule has 1 fully saturated rings. The van der Waals surface area contributed by atoms with Gasteiger partial charge in [-0.15, -0.1) is 0 Å². The number of fused-ring (bicyclic) bond motifs is 1. The number of aromatic amines is 1. The molecule has 2 aromatic heterocycles. The van der Waals surface area contributed by atoms with Gasteiger partial charge in [0.15, 0.2) is 12.5 Å². The molecule has 1 aromatic carbocycles. The minimum Gasteiger partial charge on any atom is -0.625 e. The maximum Gasteiger partial charge on any atom is 0.273 e. The van der Waals surface area contributed by atoms with Crippen LogP contribution in [0.2, 0.25) is 0 Å². The largest absolute Gasteiger partial charge is 0.625 e. The van der Waals surface area contributed by atoms with Gasteiger partial charge in [-0.25, -0.2) is 9.97 Å². The van der Waals surface area contributed by atoms with E-state index in [0.717, 1.165) is 43.0 Å². The van der Waals surface area contributed by atoms with Crippen molar-refractivity contribution in [2.24, 2.45) is 5.92 Å². The first kappa shape index (κ1) is 20.0. The standard InChI is InChI=1S/C22H27N7O2/c1-14(2)19-26-20(28-27-19)17-5-3-16(4-6-17)18-11-23-21-22(25-18)29(30,13-24-21)12-15-7-9-31-10-8-15/h3-6,11,14-15H,7-10,12-13H2,1-2H3,(H,23,24)(H,26,27,28). The molecule has 9 heteroatoms. The van der Waals surface area contributed by atoms with Crippen molar-refractivity contribution < 1.29 is 4.74 Å². The Hall–Kier alpha value is -2.88. The summed E-state index contributed by atoms with van der Waals surface area (Å²) < 4.78 is 4.96. The lowest BCUT2D eigenvalue weighted by atomic mass is 10.00. The van der Waals surface area contributed by atoms with E-state index in [0.29, 0.717) is 41.5 Å². The van der Waals surface area contributed by atoms with Crippen LogP contribution in [-0.2, 0) is 4.74 Å². The maximum absolute atomic E-state index is 13.6. The number of H-pyrrole nitrogens is 1. The van der Waals surface area contributed by atoms with E-state index < -0.39 is 4.65 Å². The topological polar surface area (TPSA) is 112 Å². The summed E-state index contributed by atoms with van der Waals surface area (Å²) in [6, 6.07) is 7.88. The molecule has 162 valence electrons. The number of hydrogen-bond acceptors (Lipinski definition) is 7. The number of ether oxygens (including phenoxy) is 1. The molecule has 1 unspecified atom stereocenters. The lowest BCUT2D eigenvalue weighted by Crippen LogP contribution is -2.47. The molecule has 4 heterocycles. The fraction of sp³-hybridized carbons (Fsp3) is 0.455. The molecule has 0 radical (unpaired) electrons. The molecule has 2 N–H and O–H groups in total. The number of aromatic nitrogens is 5. The predicted molar refractivity (Wildman–Crippen MR) is 119 cm³/mol. The van der Waals surface area contributed by atoms with Gasteiger partial charge in [-0.1, -0.05) is 38.1 Å². The summed E-state index contributed by atoms with van der Waals surface area (Å²) in [6.45, 7) is 6.39. The number of anilines is 1. The van der Waals surface area contributed by atoms with Gasteiger partial charge in [-0.05, 0) is 12.8 Å². The number of nitrogens with zero attached hydrogens (tertiary/aromatic N) is 5. The quantitative estimate of drug-likeness (QED) is 0.477. The molecule has 2 aliphatic heterocycles. The van der Waals surface area contributed by atoms with Crippen LogP contribution in [-0.4, -0.2) is 51.6 Å². The Morgan fingerprint density at radius 2 is 1.87 bits per heavy atom. The second-order valence-corrected chi connectivity index (χ2v) is 8.67. The highest BCUT2D eigenvalue weighted by Gasteiger charge is 2.36. The van der Waals surface area contributed by atoms with Gasteiger partial charge < -0.3 is 15.3 Å². The Morgan fingerprint density at radius 3 is 2.58 bits per heavy atom. The van der Waals surface area contributed by atoms with Crippen LogP contribution in [0.3, 0.4) is 0 Å². The van der Waals surface area contributed by atoms with Gasteiger partial charge in [0.25, 0.3) is 5.82 Å². The van der Waals surface area contributed by atoms with Crippen molar-refractivity contribution in [1.29, 1.82) is 0 Å². The third-order valence-electron chi connectivity index (χ3n) is 6.02. The normalized spacial score (nSPS) is 21.3. The summed E-state index contributed by atoms with van der Waals surface area (Å²) in [4.78, 5) is 13.8. The summed E-state index contributed by atoms with van der Waals surface area (Å²) in [7, 11) is 0. The Balaban J connectivity index is 1.39. The van der Waals surface area contributed by atoms with Gasteiger partial charge in [0.1, 0.15) is 5.82 Å². The number of benzene rings is 1. The van der Waals surface area contributed by atoms with Crippen molar-refractivity contribution in [2.45, 2.75) is 32.6 Å². The molecule has 31 heavy (non-hydrogen) atoms. The highest BCUT2D eigenvalue weighted by Crippen LogP contribution is 2.37. The van der Waals surface area contributed by atoms with Crippen molar-refractivity contribution in [2.75, 3.05) is 31.7 Å². The van der Waals surface area contributed by atoms with E-state index in [9.17, 15) is 5.21 Å². The first-order valence-corrected chi connectivity index (χ1v) is 10.8. The molecule has 0 bridgehead atoms. The van der Waals surface area contributed by atoms with Crippen LogP contribution in [0.15, 0.2) is 30.5 Å². The Bertz CT molecular complexity index is 1060. The molecule has 9 nitrogen and oxygen atoms in total. The van der Waals surface area contributed by atoms with Gasteiger partial charge in [0, 0.05) is 36.2 Å². The maximum atomic E-state index is 13.6. The third kappa shape index (κ3) is 3.91. The van der Waals surface area contributed by atoms with Crippen molar-refractivity contribution in [3.05, 3.63) is 41.5 Å². The summed E-state index contributed by atoms with van der Waals surface area (Å²) in [5.74, 6) is 3.24. The number of hydrogen-bond donors (Lipinski definition) is 2. The number of nitrogens with one attached hydrogen (secondary N) is 2. The van der Waals surface area contributed by atoms with Crippen LogP contribution >= 0.6 is 0 Å². The van der Waals surface area contributed by atoms with Crippen molar-refractivity contribution in [3.63, 3.8) is 0 Å². The van der Waals surface area contributed by atoms with E-state index in [-0.39, 0.29) is 6.67 Å². The molecule has 3 aromatic rings. The highest BCUT2D eigenvalue weighted by atomic mass is 16.6. The zero-order chi connectivity index (χ0) is 21.4. The van der Waals surface area contributed by atoms with Crippen LogP contribution in [0.25, 0.3) is 22.6 Å². The Morgan fingerprint density at radius 1 is 1.13 bits per heavy atom. The van der Waals surface area contributed by atoms with E-state index >= 15 is 0 Å². The van der Waals surface area contributed by atoms with Gasteiger partial charge in [-0.3, -0.25) is 9.75 Å². The smallest absolute Gasteiger partial charge is 0.273 e. The summed E-state index contributed by atoms with van der Waals surface area (Å²) in [6.07, 6.45) is 3.56. The van der Waals surface area contributed by atoms with Gasteiger partial charge in [0.2, 0.25) is 5.82 Å². The first-order valence-electron chi connectivity index (χ1n) is 10.8. The third-order valence-corrected chi connectivity index (χ3v) is 6.02. The average molecular weight is 422 g/mol. The molecule has 2 aliphatic rings. The van der Waals surface area contributed by atoms with Gasteiger partial charge >= 0.3 is 0 Å². The van der Waals surface area contributed by atoms with E-state index in [1.807, 2.05) is 24.3 Å².